The molecule has 0 atom stereocenters. The zero-order valence-corrected chi connectivity index (χ0v) is 12.0. The van der Waals surface area contributed by atoms with Crippen LogP contribution in [0.3, 0.4) is 0 Å². The average molecular weight is 270 g/mol. The van der Waals surface area contributed by atoms with Crippen LogP contribution in [0.4, 0.5) is 0 Å². The standard InChI is InChI=1S/C16H22N4/c1-20(13-8-9-13)16(17)18-10-4-5-12-11-19-15-7-3-2-6-14(12)15/h2-3,6-7,11,13,19H,4-5,8-10H2,1H3,(H2,17,18). The first kappa shape index (κ1) is 13.0. The van der Waals surface area contributed by atoms with Gasteiger partial charge in [-0.05, 0) is 37.3 Å². The Morgan fingerprint density at radius 2 is 2.20 bits per heavy atom. The molecule has 1 aliphatic rings. The van der Waals surface area contributed by atoms with Gasteiger partial charge in [0.05, 0.1) is 0 Å². The molecule has 4 heteroatoms. The topological polar surface area (TPSA) is 57.4 Å². The van der Waals surface area contributed by atoms with Gasteiger partial charge < -0.3 is 15.6 Å². The van der Waals surface area contributed by atoms with Crippen LogP contribution in [-0.2, 0) is 6.42 Å². The minimum absolute atomic E-state index is 0.632. The van der Waals surface area contributed by atoms with Crippen LogP contribution in [0, 0.1) is 0 Å². The second-order valence-corrected chi connectivity index (χ2v) is 5.55. The average Bonchev–Trinajstić information content (AvgIpc) is 3.24. The van der Waals surface area contributed by atoms with E-state index in [-0.39, 0.29) is 0 Å². The van der Waals surface area contributed by atoms with E-state index in [1.807, 2.05) is 7.05 Å². The summed E-state index contributed by atoms with van der Waals surface area (Å²) in [5, 5.41) is 1.32. The second kappa shape index (κ2) is 5.57. The number of benzene rings is 1. The molecule has 1 aliphatic carbocycles. The second-order valence-electron chi connectivity index (χ2n) is 5.55. The van der Waals surface area contributed by atoms with E-state index in [4.69, 9.17) is 5.73 Å². The molecule has 0 amide bonds. The predicted octanol–water partition coefficient (Wildman–Crippen LogP) is 2.51. The molecule has 0 spiro atoms. The van der Waals surface area contributed by atoms with E-state index in [0.29, 0.717) is 12.0 Å². The number of hydrogen-bond donors (Lipinski definition) is 2. The van der Waals surface area contributed by atoms with Crippen molar-refractivity contribution in [2.45, 2.75) is 31.7 Å². The molecule has 3 N–H and O–H groups in total. The van der Waals surface area contributed by atoms with Crippen LogP contribution in [0.2, 0.25) is 0 Å². The Hall–Kier alpha value is -1.97. The number of nitrogens with two attached hydrogens (primary N) is 1. The summed E-state index contributed by atoms with van der Waals surface area (Å²) < 4.78 is 0. The van der Waals surface area contributed by atoms with Crippen molar-refractivity contribution in [1.29, 1.82) is 0 Å². The largest absolute Gasteiger partial charge is 0.370 e. The van der Waals surface area contributed by atoms with E-state index >= 15 is 0 Å². The maximum absolute atomic E-state index is 5.98. The summed E-state index contributed by atoms with van der Waals surface area (Å²) in [6.45, 7) is 0.794. The van der Waals surface area contributed by atoms with Crippen molar-refractivity contribution in [3.8, 4) is 0 Å². The van der Waals surface area contributed by atoms with E-state index in [1.54, 1.807) is 0 Å². The van der Waals surface area contributed by atoms with Gasteiger partial charge in [-0.2, -0.15) is 0 Å². The van der Waals surface area contributed by atoms with Crippen molar-refractivity contribution in [3.63, 3.8) is 0 Å². The van der Waals surface area contributed by atoms with Crippen molar-refractivity contribution >= 4 is 16.9 Å². The fraction of sp³-hybridized carbons (Fsp3) is 0.438. The van der Waals surface area contributed by atoms with Gasteiger partial charge in [-0.25, -0.2) is 0 Å². The Kier molecular flexibility index (Phi) is 3.63. The number of hydrogen-bond acceptors (Lipinski definition) is 1. The van der Waals surface area contributed by atoms with Crippen molar-refractivity contribution in [1.82, 2.24) is 9.88 Å². The molecule has 0 bridgehead atoms. The van der Waals surface area contributed by atoms with Gasteiger partial charge in [0.2, 0.25) is 0 Å². The highest BCUT2D eigenvalue weighted by Gasteiger charge is 2.27. The molecular formula is C16H22N4. The zero-order chi connectivity index (χ0) is 13.9. The van der Waals surface area contributed by atoms with Gasteiger partial charge >= 0.3 is 0 Å². The summed E-state index contributed by atoms with van der Waals surface area (Å²) in [4.78, 5) is 9.89. The predicted molar refractivity (Wildman–Crippen MR) is 83.9 cm³/mol. The molecule has 1 fully saturated rings. The molecule has 0 unspecified atom stereocenters. The van der Waals surface area contributed by atoms with Gasteiger partial charge in [0.15, 0.2) is 5.96 Å². The Balaban J connectivity index is 1.53. The molecule has 0 radical (unpaired) electrons. The highest BCUT2D eigenvalue weighted by atomic mass is 15.3. The lowest BCUT2D eigenvalue weighted by molar-refractivity contribution is 0.487. The summed E-state index contributed by atoms with van der Waals surface area (Å²) >= 11 is 0. The van der Waals surface area contributed by atoms with Gasteiger partial charge in [0, 0.05) is 36.7 Å². The molecular weight excluding hydrogens is 248 g/mol. The maximum atomic E-state index is 5.98. The van der Waals surface area contributed by atoms with Crippen LogP contribution >= 0.6 is 0 Å². The molecule has 4 nitrogen and oxygen atoms in total. The number of aromatic nitrogens is 1. The van der Waals surface area contributed by atoms with Crippen molar-refractivity contribution in [2.75, 3.05) is 13.6 Å². The number of para-hydroxylation sites is 1. The number of H-pyrrole nitrogens is 1. The number of rotatable bonds is 5. The molecule has 1 aromatic carbocycles. The van der Waals surface area contributed by atoms with Crippen LogP contribution in [0.25, 0.3) is 10.9 Å². The Labute approximate surface area is 119 Å². The van der Waals surface area contributed by atoms with Gasteiger partial charge in [-0.15, -0.1) is 0 Å². The van der Waals surface area contributed by atoms with E-state index in [2.05, 4.69) is 45.3 Å². The first-order valence-corrected chi connectivity index (χ1v) is 7.33. The smallest absolute Gasteiger partial charge is 0.191 e. The number of nitrogens with one attached hydrogen (secondary N) is 1. The minimum Gasteiger partial charge on any atom is -0.370 e. The lowest BCUT2D eigenvalue weighted by atomic mass is 10.1. The number of nitrogens with zero attached hydrogens (tertiary/aromatic N) is 2. The van der Waals surface area contributed by atoms with Crippen LogP contribution in [0.15, 0.2) is 35.5 Å². The van der Waals surface area contributed by atoms with E-state index < -0.39 is 0 Å². The number of fused-ring (bicyclic) bond motifs is 1. The van der Waals surface area contributed by atoms with Crippen LogP contribution in [0.1, 0.15) is 24.8 Å². The fourth-order valence-electron chi connectivity index (χ4n) is 2.56. The molecule has 2 aromatic rings. The quantitative estimate of drug-likeness (QED) is 0.498. The van der Waals surface area contributed by atoms with Crippen molar-refractivity contribution < 1.29 is 0 Å². The Morgan fingerprint density at radius 3 is 3.00 bits per heavy atom. The third-order valence-electron chi connectivity index (χ3n) is 4.01. The van der Waals surface area contributed by atoms with Crippen LogP contribution < -0.4 is 5.73 Å². The molecule has 3 rings (SSSR count). The molecule has 20 heavy (non-hydrogen) atoms. The highest BCUT2D eigenvalue weighted by Crippen LogP contribution is 2.24. The normalized spacial score (nSPS) is 15.8. The third-order valence-corrected chi connectivity index (χ3v) is 4.01. The number of guanidine groups is 1. The summed E-state index contributed by atoms with van der Waals surface area (Å²) in [6.07, 6.45) is 6.67. The monoisotopic (exact) mass is 270 g/mol. The summed E-state index contributed by atoms with van der Waals surface area (Å²) in [5.74, 6) is 0.687. The van der Waals surface area contributed by atoms with Gasteiger partial charge in [-0.1, -0.05) is 18.2 Å². The molecule has 1 aromatic heterocycles. The van der Waals surface area contributed by atoms with E-state index in [0.717, 1.165) is 19.4 Å². The van der Waals surface area contributed by atoms with Crippen molar-refractivity contribution in [3.05, 3.63) is 36.0 Å². The Morgan fingerprint density at radius 1 is 1.40 bits per heavy atom. The minimum atomic E-state index is 0.632. The van der Waals surface area contributed by atoms with Gasteiger partial charge in [-0.3, -0.25) is 4.99 Å². The van der Waals surface area contributed by atoms with E-state index in [1.165, 1.54) is 29.3 Å². The highest BCUT2D eigenvalue weighted by molar-refractivity contribution is 5.83. The third kappa shape index (κ3) is 2.79. The lowest BCUT2D eigenvalue weighted by Gasteiger charge is -2.16. The first-order chi connectivity index (χ1) is 9.75. The molecule has 1 heterocycles. The zero-order valence-electron chi connectivity index (χ0n) is 12.0. The van der Waals surface area contributed by atoms with Gasteiger partial charge in [0.1, 0.15) is 0 Å². The molecule has 1 saturated carbocycles. The van der Waals surface area contributed by atoms with Gasteiger partial charge in [0.25, 0.3) is 0 Å². The van der Waals surface area contributed by atoms with Crippen LogP contribution in [-0.4, -0.2) is 35.5 Å². The van der Waals surface area contributed by atoms with Crippen LogP contribution in [0.5, 0.6) is 0 Å². The lowest BCUT2D eigenvalue weighted by Crippen LogP contribution is -2.35. The maximum Gasteiger partial charge on any atom is 0.191 e. The SMILES string of the molecule is CN(C(N)=NCCCc1c[nH]c2ccccc12)C1CC1. The number of aromatic amines is 1. The van der Waals surface area contributed by atoms with Crippen molar-refractivity contribution in [2.24, 2.45) is 10.7 Å². The Bertz CT molecular complexity index is 610. The molecule has 106 valence electrons. The molecule has 0 aliphatic heterocycles. The summed E-state index contributed by atoms with van der Waals surface area (Å²) in [7, 11) is 2.04. The first-order valence-electron chi connectivity index (χ1n) is 7.33. The number of aliphatic imine (C=N–C) groups is 1. The summed E-state index contributed by atoms with van der Waals surface area (Å²) in [6, 6.07) is 9.05. The fourth-order valence-corrected chi connectivity index (χ4v) is 2.56. The number of aryl methyl sites for hydroxylation is 1. The van der Waals surface area contributed by atoms with E-state index in [9.17, 15) is 0 Å². The summed E-state index contributed by atoms with van der Waals surface area (Å²) in [5.41, 5.74) is 8.55. The molecule has 0 saturated heterocycles.